The van der Waals surface area contributed by atoms with E-state index in [9.17, 15) is 0 Å². The molecule has 2 aromatic carbocycles. The van der Waals surface area contributed by atoms with Gasteiger partial charge in [-0.2, -0.15) is 0 Å². The summed E-state index contributed by atoms with van der Waals surface area (Å²) in [6.07, 6.45) is 2.74. The van der Waals surface area contributed by atoms with Gasteiger partial charge in [0, 0.05) is 23.5 Å². The zero-order chi connectivity index (χ0) is 20.4. The van der Waals surface area contributed by atoms with Crippen molar-refractivity contribution < 1.29 is 9.25 Å². The normalized spacial score (nSPS) is 13.9. The molecule has 1 aliphatic carbocycles. The average Bonchev–Trinajstić information content (AvgIpc) is 3.29. The highest BCUT2D eigenvalue weighted by atomic mass is 16.6. The molecule has 0 bridgehead atoms. The second-order valence-electron chi connectivity index (χ2n) is 8.06. The van der Waals surface area contributed by atoms with E-state index in [0.29, 0.717) is 5.89 Å². The highest BCUT2D eigenvalue weighted by Gasteiger charge is 2.25. The van der Waals surface area contributed by atoms with Gasteiger partial charge in [0.2, 0.25) is 11.8 Å². The number of aryl methyl sites for hydroxylation is 2. The molecule has 5 nitrogen and oxygen atoms in total. The first-order chi connectivity index (χ1) is 14.0. The van der Waals surface area contributed by atoms with Crippen LogP contribution in [-0.2, 0) is 17.7 Å². The van der Waals surface area contributed by atoms with Crippen molar-refractivity contribution in [2.24, 2.45) is 5.16 Å². The molecule has 1 aromatic heterocycles. The number of nitrogens with zero attached hydrogens (tertiary/aromatic N) is 3. The van der Waals surface area contributed by atoms with Crippen LogP contribution in [-0.4, -0.2) is 22.0 Å². The fraction of sp³-hybridized carbons (Fsp3) is 0.375. The van der Waals surface area contributed by atoms with E-state index in [1.54, 1.807) is 0 Å². The van der Waals surface area contributed by atoms with Crippen LogP contribution in [0.3, 0.4) is 0 Å². The molecule has 0 N–H and O–H groups in total. The highest BCUT2D eigenvalue weighted by Crippen LogP contribution is 2.37. The van der Waals surface area contributed by atoms with Crippen molar-refractivity contribution >= 4 is 5.71 Å². The molecule has 0 radical (unpaired) electrons. The summed E-state index contributed by atoms with van der Waals surface area (Å²) in [5.41, 5.74) is 6.90. The van der Waals surface area contributed by atoms with Crippen LogP contribution in [0.25, 0.3) is 11.1 Å². The summed E-state index contributed by atoms with van der Waals surface area (Å²) >= 11 is 0. The molecule has 0 saturated heterocycles. The summed E-state index contributed by atoms with van der Waals surface area (Å²) in [6.45, 7) is 8.10. The van der Waals surface area contributed by atoms with Crippen molar-refractivity contribution in [3.63, 3.8) is 0 Å². The molecular weight excluding hydrogens is 362 g/mol. The van der Waals surface area contributed by atoms with Gasteiger partial charge in [-0.3, -0.25) is 0 Å². The van der Waals surface area contributed by atoms with Crippen molar-refractivity contribution in [3.05, 3.63) is 70.9 Å². The Morgan fingerprint density at radius 3 is 2.38 bits per heavy atom. The van der Waals surface area contributed by atoms with Gasteiger partial charge >= 0.3 is 0 Å². The average molecular weight is 389 g/mol. The minimum absolute atomic E-state index is 0.0482. The molecule has 0 fully saturated rings. The Morgan fingerprint density at radius 2 is 1.66 bits per heavy atom. The zero-order valence-electron chi connectivity index (χ0n) is 17.5. The van der Waals surface area contributed by atoms with Crippen LogP contribution in [0.2, 0.25) is 0 Å². The first kappa shape index (κ1) is 19.4. The maximum atomic E-state index is 5.71. The Kier molecular flexibility index (Phi) is 5.47. The second kappa shape index (κ2) is 8.19. The first-order valence-corrected chi connectivity index (χ1v) is 10.3. The lowest BCUT2D eigenvalue weighted by atomic mass is 10.0. The van der Waals surface area contributed by atoms with E-state index >= 15 is 0 Å². The molecular formula is C24H27N3O2. The highest BCUT2D eigenvalue weighted by molar-refractivity contribution is 6.24. The topological polar surface area (TPSA) is 60.5 Å². The summed E-state index contributed by atoms with van der Waals surface area (Å²) < 4.78 is 5.71. The molecule has 5 heteroatoms. The molecule has 0 atom stereocenters. The van der Waals surface area contributed by atoms with Crippen LogP contribution in [0.15, 0.2) is 52.0 Å². The van der Waals surface area contributed by atoms with Crippen molar-refractivity contribution in [1.82, 2.24) is 10.2 Å². The van der Waals surface area contributed by atoms with Crippen LogP contribution in [0.1, 0.15) is 68.5 Å². The van der Waals surface area contributed by atoms with Crippen LogP contribution < -0.4 is 0 Å². The predicted molar refractivity (Wildman–Crippen MR) is 114 cm³/mol. The Hall–Kier alpha value is -2.95. The molecule has 0 aliphatic heterocycles. The second-order valence-corrected chi connectivity index (χ2v) is 8.06. The molecule has 0 saturated carbocycles. The third-order valence-electron chi connectivity index (χ3n) is 5.00. The van der Waals surface area contributed by atoms with Gasteiger partial charge in [-0.05, 0) is 49.4 Å². The Bertz CT molecular complexity index is 1030. The lowest BCUT2D eigenvalue weighted by molar-refractivity contribution is 0.0863. The zero-order valence-corrected chi connectivity index (χ0v) is 17.5. The van der Waals surface area contributed by atoms with Crippen molar-refractivity contribution in [1.29, 1.82) is 0 Å². The Labute approximate surface area is 171 Å². The number of hydrogen-bond acceptors (Lipinski definition) is 5. The fourth-order valence-electron chi connectivity index (χ4n) is 3.55. The van der Waals surface area contributed by atoms with Crippen LogP contribution in [0.5, 0.6) is 0 Å². The quantitative estimate of drug-likeness (QED) is 0.390. The van der Waals surface area contributed by atoms with E-state index in [4.69, 9.17) is 9.25 Å². The van der Waals surface area contributed by atoms with Gasteiger partial charge in [-0.25, -0.2) is 0 Å². The van der Waals surface area contributed by atoms with Gasteiger partial charge < -0.3 is 9.25 Å². The number of rotatable bonds is 7. The number of aromatic nitrogens is 2. The molecule has 0 amide bonds. The van der Waals surface area contributed by atoms with Gasteiger partial charge in [0.05, 0.1) is 0 Å². The number of fused-ring (bicyclic) bond motifs is 3. The number of oxime groups is 1. The van der Waals surface area contributed by atoms with Crippen molar-refractivity contribution in [3.8, 4) is 11.1 Å². The molecule has 3 aromatic rings. The molecule has 4 rings (SSSR count). The van der Waals surface area contributed by atoms with Crippen LogP contribution in [0.4, 0.5) is 0 Å². The molecule has 1 aliphatic rings. The molecule has 0 spiro atoms. The van der Waals surface area contributed by atoms with E-state index in [-0.39, 0.29) is 12.0 Å². The van der Waals surface area contributed by atoms with E-state index in [0.717, 1.165) is 42.0 Å². The van der Waals surface area contributed by atoms with Crippen molar-refractivity contribution in [2.75, 3.05) is 0 Å². The first-order valence-electron chi connectivity index (χ1n) is 10.3. The smallest absolute Gasteiger partial charge is 0.219 e. The minimum atomic E-state index is 0.0482. The Morgan fingerprint density at radius 1 is 0.897 bits per heavy atom. The summed E-state index contributed by atoms with van der Waals surface area (Å²) in [6, 6.07) is 15.0. The minimum Gasteiger partial charge on any atom is -0.425 e. The lowest BCUT2D eigenvalue weighted by Crippen LogP contribution is -2.04. The van der Waals surface area contributed by atoms with E-state index in [2.05, 4.69) is 65.6 Å². The van der Waals surface area contributed by atoms with Gasteiger partial charge in [-0.15, -0.1) is 10.2 Å². The van der Waals surface area contributed by atoms with E-state index < -0.39 is 0 Å². The largest absolute Gasteiger partial charge is 0.425 e. The third-order valence-corrected chi connectivity index (χ3v) is 5.00. The molecule has 1 heterocycles. The standard InChI is InChI=1S/C24H27N3O2/c1-15(2)24-26-25-22(28-24)11-7-8-17-12-13-19-18-9-5-6-10-20(18)23(21(19)14-17)27-29-16(3)4/h5-6,9-10,12-16H,7-8,11H2,1-4H3/b27-23-. The summed E-state index contributed by atoms with van der Waals surface area (Å²) in [5.74, 6) is 1.69. The van der Waals surface area contributed by atoms with Gasteiger partial charge in [0.15, 0.2) is 0 Å². The lowest BCUT2D eigenvalue weighted by Gasteiger charge is -2.07. The number of hydrogen-bond donors (Lipinski definition) is 0. The molecule has 150 valence electrons. The fourth-order valence-corrected chi connectivity index (χ4v) is 3.55. The van der Waals surface area contributed by atoms with Gasteiger partial charge in [0.1, 0.15) is 11.8 Å². The summed E-state index contributed by atoms with van der Waals surface area (Å²) in [7, 11) is 0. The predicted octanol–water partition coefficient (Wildman–Crippen LogP) is 5.53. The van der Waals surface area contributed by atoms with Crippen LogP contribution in [0, 0.1) is 0 Å². The Balaban J connectivity index is 1.52. The maximum absolute atomic E-state index is 5.71. The molecule has 0 unspecified atom stereocenters. The van der Waals surface area contributed by atoms with Crippen molar-refractivity contribution in [2.45, 2.75) is 59.0 Å². The van der Waals surface area contributed by atoms with E-state index in [1.807, 2.05) is 19.9 Å². The molecule has 29 heavy (non-hydrogen) atoms. The van der Waals surface area contributed by atoms with E-state index in [1.165, 1.54) is 16.7 Å². The third kappa shape index (κ3) is 4.09. The maximum Gasteiger partial charge on any atom is 0.219 e. The summed E-state index contributed by atoms with van der Waals surface area (Å²) in [4.78, 5) is 5.60. The van der Waals surface area contributed by atoms with Crippen LogP contribution >= 0.6 is 0 Å². The summed E-state index contributed by atoms with van der Waals surface area (Å²) in [5, 5.41) is 12.7. The van der Waals surface area contributed by atoms with Gasteiger partial charge in [-0.1, -0.05) is 55.4 Å². The number of benzene rings is 2. The van der Waals surface area contributed by atoms with Gasteiger partial charge in [0.25, 0.3) is 0 Å². The SMILES string of the molecule is CC(C)O/N=C1/c2ccccc2-c2ccc(CCCc3nnc(C(C)C)o3)cc21. The monoisotopic (exact) mass is 389 g/mol.